The molecular formula is C54H38N4. The van der Waals surface area contributed by atoms with E-state index in [-0.39, 0.29) is 0 Å². The Morgan fingerprint density at radius 2 is 0.845 bits per heavy atom. The van der Waals surface area contributed by atoms with Gasteiger partial charge in [0.15, 0.2) is 11.6 Å². The summed E-state index contributed by atoms with van der Waals surface area (Å²) in [6, 6.07) is 59.7. The minimum Gasteiger partial charge on any atom is -0.264 e. The molecule has 0 N–H and O–H groups in total. The molecule has 274 valence electrons. The van der Waals surface area contributed by atoms with E-state index < -0.39 is 5.41 Å². The molecule has 0 radical (unpaired) electrons. The van der Waals surface area contributed by atoms with Crippen molar-refractivity contribution in [2.24, 2.45) is 0 Å². The zero-order valence-corrected chi connectivity index (χ0v) is 32.5. The van der Waals surface area contributed by atoms with Gasteiger partial charge in [0.05, 0.1) is 5.41 Å². The molecular weight excluding hydrogens is 705 g/mol. The molecule has 9 aromatic rings. The molecule has 0 aliphatic heterocycles. The number of hydrogen-bond donors (Lipinski definition) is 0. The van der Waals surface area contributed by atoms with Crippen molar-refractivity contribution in [3.05, 3.63) is 215 Å². The third-order valence-corrected chi connectivity index (χ3v) is 12.2. The van der Waals surface area contributed by atoms with Crippen LogP contribution in [-0.4, -0.2) is 19.9 Å². The van der Waals surface area contributed by atoms with Crippen LogP contribution < -0.4 is 0 Å². The number of benzene rings is 7. The lowest BCUT2D eigenvalue weighted by molar-refractivity contribution is 0.794. The van der Waals surface area contributed by atoms with Crippen molar-refractivity contribution >= 4 is 0 Å². The fourth-order valence-electron chi connectivity index (χ4n) is 9.81. The van der Waals surface area contributed by atoms with Crippen molar-refractivity contribution in [2.45, 2.75) is 26.2 Å². The molecule has 0 amide bonds. The second kappa shape index (κ2) is 13.1. The van der Waals surface area contributed by atoms with E-state index in [0.717, 1.165) is 11.1 Å². The first-order valence-electron chi connectivity index (χ1n) is 19.9. The monoisotopic (exact) mass is 742 g/mol. The van der Waals surface area contributed by atoms with Crippen LogP contribution in [-0.2, 0) is 5.41 Å². The molecule has 2 aromatic heterocycles. The largest absolute Gasteiger partial charge is 0.264 e. The Labute approximate surface area is 338 Å². The van der Waals surface area contributed by atoms with Crippen molar-refractivity contribution in [1.29, 1.82) is 0 Å². The highest BCUT2D eigenvalue weighted by Gasteiger charge is 2.51. The first-order chi connectivity index (χ1) is 28.5. The fraction of sp³-hybridized carbons (Fsp3) is 0.0741. The molecule has 4 heteroatoms. The maximum atomic E-state index is 5.06. The number of pyridine rings is 1. The van der Waals surface area contributed by atoms with Gasteiger partial charge in [-0.1, -0.05) is 152 Å². The number of rotatable bonds is 5. The topological polar surface area (TPSA) is 51.6 Å². The van der Waals surface area contributed by atoms with Gasteiger partial charge in [-0.15, -0.1) is 0 Å². The van der Waals surface area contributed by atoms with Crippen LogP contribution in [0.15, 0.2) is 176 Å². The third-order valence-electron chi connectivity index (χ3n) is 12.2. The Morgan fingerprint density at radius 1 is 0.345 bits per heavy atom. The average Bonchev–Trinajstić information content (AvgIpc) is 3.73. The van der Waals surface area contributed by atoms with Gasteiger partial charge in [-0.25, -0.2) is 15.0 Å². The van der Waals surface area contributed by atoms with E-state index in [1.54, 1.807) is 0 Å². The highest BCUT2D eigenvalue weighted by molar-refractivity contribution is 5.99. The fourth-order valence-corrected chi connectivity index (χ4v) is 9.81. The summed E-state index contributed by atoms with van der Waals surface area (Å²) in [4.78, 5) is 19.2. The van der Waals surface area contributed by atoms with Gasteiger partial charge in [0.1, 0.15) is 5.82 Å². The number of aryl methyl sites for hydroxylation is 3. The van der Waals surface area contributed by atoms with Crippen LogP contribution in [0.1, 0.15) is 39.2 Å². The van der Waals surface area contributed by atoms with Crippen molar-refractivity contribution in [3.8, 4) is 78.4 Å². The smallest absolute Gasteiger partial charge is 0.163 e. The molecule has 11 rings (SSSR count). The molecule has 0 saturated carbocycles. The summed E-state index contributed by atoms with van der Waals surface area (Å²) < 4.78 is 0. The van der Waals surface area contributed by atoms with Crippen LogP contribution in [0, 0.1) is 20.8 Å². The Hall–Kier alpha value is -7.30. The lowest BCUT2D eigenvalue weighted by atomic mass is 9.70. The minimum atomic E-state index is -0.515. The highest BCUT2D eigenvalue weighted by Crippen LogP contribution is 2.63. The van der Waals surface area contributed by atoms with E-state index in [0.29, 0.717) is 17.5 Å². The zero-order chi connectivity index (χ0) is 39.0. The molecule has 0 atom stereocenters. The Balaban J connectivity index is 1.14. The van der Waals surface area contributed by atoms with Crippen LogP contribution in [0.5, 0.6) is 0 Å². The van der Waals surface area contributed by atoms with Crippen molar-refractivity contribution in [3.63, 3.8) is 0 Å². The number of aromatic nitrogens is 4. The van der Waals surface area contributed by atoms with Gasteiger partial charge in [-0.05, 0) is 122 Å². The van der Waals surface area contributed by atoms with Crippen LogP contribution in [0.2, 0.25) is 0 Å². The van der Waals surface area contributed by atoms with Crippen LogP contribution in [0.3, 0.4) is 0 Å². The number of fused-ring (bicyclic) bond motifs is 10. The third kappa shape index (κ3) is 5.01. The average molecular weight is 743 g/mol. The molecule has 0 saturated heterocycles. The van der Waals surface area contributed by atoms with Crippen molar-refractivity contribution < 1.29 is 0 Å². The molecule has 2 aliphatic rings. The van der Waals surface area contributed by atoms with E-state index in [1.165, 1.54) is 89.0 Å². The predicted molar refractivity (Wildman–Crippen MR) is 235 cm³/mol. The molecule has 0 fully saturated rings. The van der Waals surface area contributed by atoms with Gasteiger partial charge in [0, 0.05) is 23.5 Å². The lowest BCUT2D eigenvalue weighted by Crippen LogP contribution is -2.25. The molecule has 2 heterocycles. The Morgan fingerprint density at radius 3 is 1.52 bits per heavy atom. The van der Waals surface area contributed by atoms with Gasteiger partial charge in [-0.2, -0.15) is 0 Å². The summed E-state index contributed by atoms with van der Waals surface area (Å²) in [6.45, 7) is 6.25. The SMILES string of the molecule is Cc1nc(-c2ccccc2)nc(-c2ccc3c(c2)C2(c4ccccc4-c4ccccc42)c2ccc(-c4ccccc4-c4ccccc4-c4c(C)cncc4C)cc2-3)n1. The predicted octanol–water partition coefficient (Wildman–Crippen LogP) is 12.9. The standard InChI is InChI=1S/C54H38N4/c1-33-31-55-32-34(2)51(33)45-22-10-9-19-41(45)40-18-8-7-17-39(40)37-26-28-49-46(29-37)44-27-25-38(53-57-35(3)56-52(58-53)36-15-5-4-6-16-36)30-50(44)54(49)47-23-13-11-20-42(47)43-21-12-14-24-48(43)54/h4-32H,1-3H3. The van der Waals surface area contributed by atoms with Gasteiger partial charge in [0.2, 0.25) is 0 Å². The number of hydrogen-bond acceptors (Lipinski definition) is 4. The first-order valence-corrected chi connectivity index (χ1v) is 19.9. The summed E-state index contributed by atoms with van der Waals surface area (Å²) >= 11 is 0. The maximum Gasteiger partial charge on any atom is 0.163 e. The van der Waals surface area contributed by atoms with Crippen molar-refractivity contribution in [1.82, 2.24) is 19.9 Å². The van der Waals surface area contributed by atoms with E-state index >= 15 is 0 Å². The first kappa shape index (κ1) is 34.0. The molecule has 0 unspecified atom stereocenters. The zero-order valence-electron chi connectivity index (χ0n) is 32.5. The quantitative estimate of drug-likeness (QED) is 0.176. The van der Waals surface area contributed by atoms with Crippen molar-refractivity contribution in [2.75, 3.05) is 0 Å². The van der Waals surface area contributed by atoms with E-state index in [1.807, 2.05) is 37.5 Å². The molecule has 0 bridgehead atoms. The number of nitrogens with zero attached hydrogens (tertiary/aromatic N) is 4. The Bertz CT molecular complexity index is 3040. The highest BCUT2D eigenvalue weighted by atomic mass is 15.0. The summed E-state index contributed by atoms with van der Waals surface area (Å²) in [6.07, 6.45) is 3.93. The summed E-state index contributed by atoms with van der Waals surface area (Å²) in [5.74, 6) is 2.04. The molecule has 7 aromatic carbocycles. The Kier molecular flexibility index (Phi) is 7.70. The summed E-state index contributed by atoms with van der Waals surface area (Å²) in [5, 5.41) is 0. The molecule has 1 spiro atoms. The lowest BCUT2D eigenvalue weighted by Gasteiger charge is -2.30. The summed E-state index contributed by atoms with van der Waals surface area (Å²) in [5.41, 5.74) is 21.2. The van der Waals surface area contributed by atoms with Crippen LogP contribution in [0.25, 0.3) is 78.4 Å². The summed E-state index contributed by atoms with van der Waals surface area (Å²) in [7, 11) is 0. The molecule has 2 aliphatic carbocycles. The minimum absolute atomic E-state index is 0.515. The van der Waals surface area contributed by atoms with E-state index in [2.05, 4.69) is 164 Å². The van der Waals surface area contributed by atoms with Crippen LogP contribution >= 0.6 is 0 Å². The van der Waals surface area contributed by atoms with Gasteiger partial charge < -0.3 is 0 Å². The normalized spacial score (nSPS) is 12.9. The molecule has 58 heavy (non-hydrogen) atoms. The second-order valence-electron chi connectivity index (χ2n) is 15.5. The van der Waals surface area contributed by atoms with Gasteiger partial charge in [-0.3, -0.25) is 4.98 Å². The van der Waals surface area contributed by atoms with E-state index in [9.17, 15) is 0 Å². The molecule has 4 nitrogen and oxygen atoms in total. The maximum absolute atomic E-state index is 5.06. The van der Waals surface area contributed by atoms with E-state index in [4.69, 9.17) is 15.0 Å². The second-order valence-corrected chi connectivity index (χ2v) is 15.5. The van der Waals surface area contributed by atoms with Crippen LogP contribution in [0.4, 0.5) is 0 Å². The van der Waals surface area contributed by atoms with Gasteiger partial charge in [0.25, 0.3) is 0 Å². The van der Waals surface area contributed by atoms with Gasteiger partial charge >= 0.3 is 0 Å².